The molecule has 2 rings (SSSR count). The summed E-state index contributed by atoms with van der Waals surface area (Å²) < 4.78 is 2.00. The third kappa shape index (κ3) is 4.00. The predicted octanol–water partition coefficient (Wildman–Crippen LogP) is 4.82. The lowest BCUT2D eigenvalue weighted by Gasteiger charge is -2.17. The fourth-order valence-corrected chi connectivity index (χ4v) is 3.09. The number of nitrogens with zero attached hydrogens (tertiary/aromatic N) is 1. The average molecular weight is 367 g/mol. The average Bonchev–Trinajstić information content (AvgIpc) is 2.49. The van der Waals surface area contributed by atoms with Crippen LogP contribution < -0.4 is 10.7 Å². The van der Waals surface area contributed by atoms with Gasteiger partial charge < -0.3 is 9.88 Å². The van der Waals surface area contributed by atoms with E-state index in [0.29, 0.717) is 21.4 Å². The van der Waals surface area contributed by atoms with Crippen LogP contribution in [-0.4, -0.2) is 10.5 Å². The van der Waals surface area contributed by atoms with Crippen LogP contribution in [0.2, 0.25) is 10.0 Å². The Labute approximate surface area is 151 Å². The molecule has 6 heteroatoms. The van der Waals surface area contributed by atoms with E-state index in [-0.39, 0.29) is 11.0 Å². The molecule has 0 saturated heterocycles. The lowest BCUT2D eigenvalue weighted by molar-refractivity contribution is 0.102. The number of hydrogen-bond acceptors (Lipinski definition) is 2. The van der Waals surface area contributed by atoms with Gasteiger partial charge in [0.15, 0.2) is 5.43 Å². The van der Waals surface area contributed by atoms with Crippen LogP contribution in [0.4, 0.5) is 5.69 Å². The Morgan fingerprint density at radius 1 is 1.21 bits per heavy atom. The number of benzene rings is 1. The van der Waals surface area contributed by atoms with Crippen molar-refractivity contribution < 1.29 is 4.79 Å². The Morgan fingerprint density at radius 3 is 2.54 bits per heavy atom. The van der Waals surface area contributed by atoms with Crippen LogP contribution >= 0.6 is 23.2 Å². The summed E-state index contributed by atoms with van der Waals surface area (Å²) >= 11 is 11.9. The molecule has 0 spiro atoms. The number of carbonyl (C=O) groups is 1. The summed E-state index contributed by atoms with van der Waals surface area (Å²) in [5.74, 6) is -0.466. The van der Waals surface area contributed by atoms with Gasteiger partial charge in [-0.15, -0.1) is 0 Å². The van der Waals surface area contributed by atoms with Crippen molar-refractivity contribution in [2.75, 3.05) is 5.32 Å². The van der Waals surface area contributed by atoms with Crippen molar-refractivity contribution >= 4 is 34.8 Å². The first-order valence-electron chi connectivity index (χ1n) is 7.82. The van der Waals surface area contributed by atoms with Crippen molar-refractivity contribution in [3.05, 3.63) is 61.5 Å². The molecule has 0 saturated carbocycles. The third-order valence-electron chi connectivity index (χ3n) is 3.92. The highest BCUT2D eigenvalue weighted by Crippen LogP contribution is 2.26. The first kappa shape index (κ1) is 18.6. The highest BCUT2D eigenvalue weighted by atomic mass is 35.5. The third-order valence-corrected chi connectivity index (χ3v) is 4.47. The van der Waals surface area contributed by atoms with Crippen LogP contribution in [0.25, 0.3) is 0 Å². The monoisotopic (exact) mass is 366 g/mol. The maximum atomic E-state index is 12.6. The number of halogens is 2. The largest absolute Gasteiger partial charge is 0.348 e. The number of aryl methyl sites for hydroxylation is 1. The first-order chi connectivity index (χ1) is 11.3. The predicted molar refractivity (Wildman–Crippen MR) is 99.5 cm³/mol. The number of rotatable bonds is 5. The minimum absolute atomic E-state index is 0.141. The number of carbonyl (C=O) groups excluding carboxylic acids is 1. The minimum Gasteiger partial charge on any atom is -0.348 e. The van der Waals surface area contributed by atoms with Crippen molar-refractivity contribution in [2.45, 2.75) is 40.2 Å². The number of anilines is 1. The molecule has 0 bridgehead atoms. The molecule has 1 amide bonds. The lowest BCUT2D eigenvalue weighted by Crippen LogP contribution is -2.27. The van der Waals surface area contributed by atoms with E-state index in [1.807, 2.05) is 11.5 Å². The van der Waals surface area contributed by atoms with E-state index < -0.39 is 5.91 Å². The highest BCUT2D eigenvalue weighted by molar-refractivity contribution is 6.36. The quantitative estimate of drug-likeness (QED) is 0.823. The van der Waals surface area contributed by atoms with Crippen molar-refractivity contribution in [1.29, 1.82) is 0 Å². The van der Waals surface area contributed by atoms with E-state index in [9.17, 15) is 9.59 Å². The Balaban J connectivity index is 2.40. The van der Waals surface area contributed by atoms with Gasteiger partial charge >= 0.3 is 0 Å². The molecule has 128 valence electrons. The summed E-state index contributed by atoms with van der Waals surface area (Å²) in [4.78, 5) is 24.9. The van der Waals surface area contributed by atoms with Gasteiger partial charge in [0.1, 0.15) is 5.56 Å². The summed E-state index contributed by atoms with van der Waals surface area (Å²) in [6.07, 6.45) is 2.02. The molecule has 1 aromatic carbocycles. The van der Waals surface area contributed by atoms with Crippen LogP contribution in [0.5, 0.6) is 0 Å². The van der Waals surface area contributed by atoms with E-state index in [1.165, 1.54) is 6.07 Å². The Kier molecular flexibility index (Phi) is 6.08. The van der Waals surface area contributed by atoms with Gasteiger partial charge in [-0.2, -0.15) is 0 Å². The molecule has 0 unspecified atom stereocenters. The fraction of sp³-hybridized carbons (Fsp3) is 0.333. The summed E-state index contributed by atoms with van der Waals surface area (Å²) in [6.45, 7) is 6.55. The Bertz CT molecular complexity index is 828. The second-order valence-electron chi connectivity index (χ2n) is 5.69. The zero-order valence-electron chi connectivity index (χ0n) is 14.0. The Hall–Kier alpha value is -1.78. The van der Waals surface area contributed by atoms with Crippen molar-refractivity contribution in [1.82, 2.24) is 4.57 Å². The molecule has 2 aromatic rings. The van der Waals surface area contributed by atoms with Gasteiger partial charge in [0.25, 0.3) is 5.91 Å². The molecule has 4 nitrogen and oxygen atoms in total. The molecule has 1 aromatic heterocycles. The van der Waals surface area contributed by atoms with Crippen molar-refractivity contribution in [2.24, 2.45) is 0 Å². The first-order valence-corrected chi connectivity index (χ1v) is 8.58. The summed E-state index contributed by atoms with van der Waals surface area (Å²) in [5, 5.41) is 3.50. The van der Waals surface area contributed by atoms with Gasteiger partial charge in [-0.25, -0.2) is 0 Å². The fourth-order valence-electron chi connectivity index (χ4n) is 2.63. The molecule has 0 radical (unpaired) electrons. The number of unbranched alkanes of at least 4 members (excludes halogenated alkanes) is 1. The van der Waals surface area contributed by atoms with Crippen LogP contribution in [0.3, 0.4) is 0 Å². The molecule has 0 fully saturated rings. The van der Waals surface area contributed by atoms with Crippen LogP contribution in [0, 0.1) is 13.8 Å². The van der Waals surface area contributed by atoms with Crippen molar-refractivity contribution in [3.63, 3.8) is 0 Å². The van der Waals surface area contributed by atoms with Gasteiger partial charge in [-0.1, -0.05) is 36.5 Å². The molecule has 0 aliphatic heterocycles. The van der Waals surface area contributed by atoms with E-state index in [0.717, 1.165) is 25.1 Å². The Morgan fingerprint density at radius 2 is 1.92 bits per heavy atom. The van der Waals surface area contributed by atoms with Gasteiger partial charge in [0.05, 0.1) is 10.7 Å². The molecule has 1 N–H and O–H groups in total. The van der Waals surface area contributed by atoms with Gasteiger partial charge in [0, 0.05) is 29.0 Å². The van der Waals surface area contributed by atoms with Crippen LogP contribution in [-0.2, 0) is 6.54 Å². The molecule has 24 heavy (non-hydrogen) atoms. The SMILES string of the molecule is CCCCn1c(C)cc(=O)c(C(=O)Nc2ccc(Cl)cc2Cl)c1C. The maximum Gasteiger partial charge on any atom is 0.261 e. The van der Waals surface area contributed by atoms with E-state index >= 15 is 0 Å². The normalized spacial score (nSPS) is 10.7. The van der Waals surface area contributed by atoms with Crippen LogP contribution in [0.1, 0.15) is 41.5 Å². The molecule has 0 aliphatic rings. The molecular weight excluding hydrogens is 347 g/mol. The molecule has 1 heterocycles. The van der Waals surface area contributed by atoms with Gasteiger partial charge in [0.2, 0.25) is 0 Å². The molecule has 0 aliphatic carbocycles. The van der Waals surface area contributed by atoms with Crippen LogP contribution in [0.15, 0.2) is 29.1 Å². The highest BCUT2D eigenvalue weighted by Gasteiger charge is 2.18. The second kappa shape index (κ2) is 7.86. The summed E-state index contributed by atoms with van der Waals surface area (Å²) in [6, 6.07) is 6.29. The maximum absolute atomic E-state index is 12.6. The zero-order valence-corrected chi connectivity index (χ0v) is 15.5. The topological polar surface area (TPSA) is 51.1 Å². The number of hydrogen-bond donors (Lipinski definition) is 1. The molecular formula is C18H20Cl2N2O2. The van der Waals surface area contributed by atoms with E-state index in [4.69, 9.17) is 23.2 Å². The lowest BCUT2D eigenvalue weighted by atomic mass is 10.1. The minimum atomic E-state index is -0.466. The smallest absolute Gasteiger partial charge is 0.261 e. The number of nitrogens with one attached hydrogen (secondary N) is 1. The number of aromatic nitrogens is 1. The number of pyridine rings is 1. The van der Waals surface area contributed by atoms with Gasteiger partial charge in [-0.3, -0.25) is 9.59 Å². The van der Waals surface area contributed by atoms with Crippen molar-refractivity contribution in [3.8, 4) is 0 Å². The zero-order chi connectivity index (χ0) is 17.9. The second-order valence-corrected chi connectivity index (χ2v) is 6.54. The van der Waals surface area contributed by atoms with E-state index in [1.54, 1.807) is 25.1 Å². The van der Waals surface area contributed by atoms with Gasteiger partial charge in [-0.05, 0) is 38.5 Å². The summed E-state index contributed by atoms with van der Waals surface area (Å²) in [5.41, 5.74) is 1.79. The number of amides is 1. The standard InChI is InChI=1S/C18H20Cl2N2O2/c1-4-5-8-22-11(2)9-16(23)17(12(22)3)18(24)21-15-7-6-13(19)10-14(15)20/h6-7,9-10H,4-5,8H2,1-3H3,(H,21,24). The van der Waals surface area contributed by atoms with E-state index in [2.05, 4.69) is 12.2 Å². The molecule has 0 atom stereocenters. The summed E-state index contributed by atoms with van der Waals surface area (Å²) in [7, 11) is 0.